The van der Waals surface area contributed by atoms with Crippen molar-refractivity contribution in [1.82, 2.24) is 14.7 Å². The molecule has 0 spiro atoms. The first-order chi connectivity index (χ1) is 14.8. The van der Waals surface area contributed by atoms with Crippen LogP contribution in [0.5, 0.6) is 0 Å². The maximum absolute atomic E-state index is 14.3. The molecule has 3 aromatic rings. The van der Waals surface area contributed by atoms with Gasteiger partial charge in [-0.15, -0.1) is 0 Å². The van der Waals surface area contributed by atoms with Gasteiger partial charge in [-0.05, 0) is 30.7 Å². The van der Waals surface area contributed by atoms with Crippen molar-refractivity contribution in [3.05, 3.63) is 71.7 Å². The van der Waals surface area contributed by atoms with Gasteiger partial charge in [-0.2, -0.15) is 5.10 Å². The Kier molecular flexibility index (Phi) is 5.26. The second kappa shape index (κ2) is 7.90. The van der Waals surface area contributed by atoms with Crippen molar-refractivity contribution in [2.75, 3.05) is 18.5 Å². The van der Waals surface area contributed by atoms with Gasteiger partial charge < -0.3 is 9.80 Å². The Balaban J connectivity index is 1.62. The summed E-state index contributed by atoms with van der Waals surface area (Å²) in [4.78, 5) is 28.7. The largest absolute Gasteiger partial charge is 0.329 e. The molecule has 1 aliphatic rings. The first-order valence-corrected chi connectivity index (χ1v) is 9.60. The summed E-state index contributed by atoms with van der Waals surface area (Å²) in [5.74, 6) is -3.06. The topological polar surface area (TPSA) is 58.4 Å². The zero-order valence-corrected chi connectivity index (χ0v) is 16.8. The first-order valence-electron chi connectivity index (χ1n) is 9.60. The summed E-state index contributed by atoms with van der Waals surface area (Å²) in [5, 5.41) is 4.16. The molecule has 2 aromatic carbocycles. The molecule has 1 saturated heterocycles. The van der Waals surface area contributed by atoms with Crippen LogP contribution in [-0.4, -0.2) is 46.1 Å². The Morgan fingerprint density at radius 2 is 1.87 bits per heavy atom. The van der Waals surface area contributed by atoms with Crippen molar-refractivity contribution < 1.29 is 22.8 Å². The molecule has 0 radical (unpaired) electrons. The monoisotopic (exact) mass is 428 g/mol. The van der Waals surface area contributed by atoms with Crippen LogP contribution in [0.4, 0.5) is 18.9 Å². The predicted octanol–water partition coefficient (Wildman–Crippen LogP) is 3.38. The van der Waals surface area contributed by atoms with Gasteiger partial charge >= 0.3 is 0 Å². The van der Waals surface area contributed by atoms with Gasteiger partial charge in [0.1, 0.15) is 29.2 Å². The number of carbonyl (C=O) groups excluding carboxylic acids is 2. The molecule has 0 bridgehead atoms. The van der Waals surface area contributed by atoms with Gasteiger partial charge in [0.15, 0.2) is 0 Å². The number of halogens is 3. The Labute approximate surface area is 176 Å². The Bertz CT molecular complexity index is 1180. The number of aryl methyl sites for hydroxylation is 1. The summed E-state index contributed by atoms with van der Waals surface area (Å²) < 4.78 is 43.1. The summed E-state index contributed by atoms with van der Waals surface area (Å²) in [6, 6.07) is 8.14. The van der Waals surface area contributed by atoms with E-state index < -0.39 is 35.3 Å². The van der Waals surface area contributed by atoms with E-state index in [0.717, 1.165) is 12.1 Å². The Hall–Kier alpha value is -3.62. The smallest absolute Gasteiger partial charge is 0.258 e. The maximum Gasteiger partial charge on any atom is 0.258 e. The molecule has 2 amide bonds. The highest BCUT2D eigenvalue weighted by molar-refractivity contribution is 6.05. The molecule has 1 aromatic heterocycles. The summed E-state index contributed by atoms with van der Waals surface area (Å²) in [5.41, 5.74) is 0.261. The normalized spacial score (nSPS) is 16.1. The Morgan fingerprint density at radius 1 is 1.13 bits per heavy atom. The van der Waals surface area contributed by atoms with Crippen molar-refractivity contribution in [2.24, 2.45) is 7.05 Å². The van der Waals surface area contributed by atoms with Crippen LogP contribution in [0.15, 0.2) is 48.7 Å². The minimum absolute atomic E-state index is 0.0236. The highest BCUT2D eigenvalue weighted by Crippen LogP contribution is 2.29. The molecule has 6 nitrogen and oxygen atoms in total. The number of hydrogen-bond donors (Lipinski definition) is 0. The zero-order valence-electron chi connectivity index (χ0n) is 16.8. The number of hydrogen-bond acceptors (Lipinski definition) is 3. The molecule has 4 rings (SSSR count). The first kappa shape index (κ1) is 20.6. The van der Waals surface area contributed by atoms with Crippen LogP contribution in [-0.2, 0) is 11.8 Å². The number of nitrogens with zero attached hydrogens (tertiary/aromatic N) is 4. The lowest BCUT2D eigenvalue weighted by molar-refractivity contribution is -0.120. The van der Waals surface area contributed by atoms with Crippen molar-refractivity contribution in [3.8, 4) is 11.3 Å². The molecule has 0 saturated carbocycles. The summed E-state index contributed by atoms with van der Waals surface area (Å²) in [6.07, 6.45) is 1.74. The van der Waals surface area contributed by atoms with Crippen molar-refractivity contribution in [1.29, 1.82) is 0 Å². The predicted molar refractivity (Wildman–Crippen MR) is 108 cm³/mol. The number of rotatable bonds is 4. The van der Waals surface area contributed by atoms with E-state index in [1.807, 2.05) is 0 Å². The van der Waals surface area contributed by atoms with Gasteiger partial charge in [-0.1, -0.05) is 12.1 Å². The van der Waals surface area contributed by atoms with Crippen LogP contribution in [0, 0.1) is 17.5 Å². The molecule has 9 heteroatoms. The third-order valence-electron chi connectivity index (χ3n) is 5.35. The highest BCUT2D eigenvalue weighted by Gasteiger charge is 2.39. The van der Waals surface area contributed by atoms with Crippen molar-refractivity contribution >= 4 is 17.5 Å². The van der Waals surface area contributed by atoms with Crippen molar-refractivity contribution in [2.45, 2.75) is 12.5 Å². The van der Waals surface area contributed by atoms with Gasteiger partial charge in [0.2, 0.25) is 5.91 Å². The highest BCUT2D eigenvalue weighted by atomic mass is 19.1. The van der Waals surface area contributed by atoms with E-state index in [1.165, 1.54) is 52.0 Å². The lowest BCUT2D eigenvalue weighted by Crippen LogP contribution is -2.43. The summed E-state index contributed by atoms with van der Waals surface area (Å²) >= 11 is 0. The van der Waals surface area contributed by atoms with Gasteiger partial charge in [0, 0.05) is 38.5 Å². The van der Waals surface area contributed by atoms with E-state index in [9.17, 15) is 22.8 Å². The van der Waals surface area contributed by atoms with Crippen LogP contribution in [0.1, 0.15) is 16.8 Å². The molecule has 1 aliphatic heterocycles. The van der Waals surface area contributed by atoms with E-state index in [1.54, 1.807) is 13.1 Å². The zero-order chi connectivity index (χ0) is 22.3. The molecule has 1 unspecified atom stereocenters. The van der Waals surface area contributed by atoms with Gasteiger partial charge in [-0.3, -0.25) is 14.3 Å². The molecule has 160 valence electrons. The molecule has 0 N–H and O–H groups in total. The minimum atomic E-state index is -0.849. The molecular weight excluding hydrogens is 409 g/mol. The second-order valence-electron chi connectivity index (χ2n) is 7.35. The molecule has 1 atom stereocenters. The second-order valence-corrected chi connectivity index (χ2v) is 7.35. The van der Waals surface area contributed by atoms with Crippen LogP contribution < -0.4 is 4.90 Å². The average Bonchev–Trinajstić information content (AvgIpc) is 3.30. The molecule has 0 aliphatic carbocycles. The number of likely N-dealkylation sites (N-methyl/N-ethyl adjacent to an activating group) is 1. The Morgan fingerprint density at radius 3 is 2.58 bits per heavy atom. The third-order valence-corrected chi connectivity index (χ3v) is 5.35. The number of benzene rings is 2. The quantitative estimate of drug-likeness (QED) is 0.640. The van der Waals surface area contributed by atoms with Gasteiger partial charge in [0.05, 0.1) is 11.3 Å². The van der Waals surface area contributed by atoms with Crippen molar-refractivity contribution in [3.63, 3.8) is 0 Å². The number of anilines is 1. The molecule has 1 fully saturated rings. The fourth-order valence-corrected chi connectivity index (χ4v) is 3.79. The molecule has 31 heavy (non-hydrogen) atoms. The lowest BCUT2D eigenvalue weighted by atomic mass is 10.1. The number of carbonyl (C=O) groups is 2. The van der Waals surface area contributed by atoms with E-state index in [0.29, 0.717) is 6.42 Å². The average molecular weight is 428 g/mol. The summed E-state index contributed by atoms with van der Waals surface area (Å²) in [7, 11) is 3.04. The number of para-hydroxylation sites is 1. The van der Waals surface area contributed by atoms with E-state index >= 15 is 0 Å². The van der Waals surface area contributed by atoms with E-state index in [4.69, 9.17) is 0 Å². The fraction of sp³-hybridized carbons (Fsp3) is 0.227. The standard InChI is InChI=1S/C22H19F3N4O2/c1-27-12-15(20(26-27)14-8-7-13(23)11-17(14)25)21(30)28(2)19-9-10-29(22(19)31)18-6-4-3-5-16(18)24/h3-8,11-12,19H,9-10H2,1-2H3. The number of amides is 2. The minimum Gasteiger partial charge on any atom is -0.329 e. The van der Waals surface area contributed by atoms with Crippen LogP contribution in [0.2, 0.25) is 0 Å². The van der Waals surface area contributed by atoms with E-state index in [2.05, 4.69) is 5.10 Å². The maximum atomic E-state index is 14.3. The summed E-state index contributed by atoms with van der Waals surface area (Å²) in [6.45, 7) is 0.258. The molecule has 2 heterocycles. The van der Waals surface area contributed by atoms with E-state index in [-0.39, 0.29) is 29.1 Å². The van der Waals surface area contributed by atoms with Crippen LogP contribution in [0.25, 0.3) is 11.3 Å². The lowest BCUT2D eigenvalue weighted by Gasteiger charge is -2.24. The van der Waals surface area contributed by atoms with Gasteiger partial charge in [-0.25, -0.2) is 13.2 Å². The fourth-order valence-electron chi connectivity index (χ4n) is 3.79. The van der Waals surface area contributed by atoms with Gasteiger partial charge in [0.25, 0.3) is 5.91 Å². The van der Waals surface area contributed by atoms with Crippen LogP contribution >= 0.6 is 0 Å². The third kappa shape index (κ3) is 3.67. The van der Waals surface area contributed by atoms with Crippen LogP contribution in [0.3, 0.4) is 0 Å². The SMILES string of the molecule is CN(C(=O)c1cn(C)nc1-c1ccc(F)cc1F)C1CCN(c2ccccc2F)C1=O. The number of aromatic nitrogens is 2. The molecular formula is C22H19F3N4O2.